The van der Waals surface area contributed by atoms with E-state index >= 15 is 0 Å². The molecule has 0 radical (unpaired) electrons. The Kier molecular flexibility index (Phi) is 7.26. The predicted octanol–water partition coefficient (Wildman–Crippen LogP) is 3.82. The van der Waals surface area contributed by atoms with Crippen molar-refractivity contribution in [2.24, 2.45) is 0 Å². The molecule has 5 nitrogen and oxygen atoms in total. The van der Waals surface area contributed by atoms with Crippen LogP contribution in [0.5, 0.6) is 0 Å². The van der Waals surface area contributed by atoms with Crippen molar-refractivity contribution in [3.63, 3.8) is 0 Å². The third-order valence-electron chi connectivity index (χ3n) is 4.71. The van der Waals surface area contributed by atoms with Crippen molar-refractivity contribution in [1.29, 1.82) is 0 Å². The van der Waals surface area contributed by atoms with Gasteiger partial charge in [-0.05, 0) is 62.3 Å². The molecule has 2 aromatic rings. The molecule has 6 heteroatoms. The van der Waals surface area contributed by atoms with Gasteiger partial charge in [-0.1, -0.05) is 12.1 Å². The van der Waals surface area contributed by atoms with Crippen LogP contribution in [0.2, 0.25) is 0 Å². The average molecular weight is 388 g/mol. The van der Waals surface area contributed by atoms with E-state index in [-0.39, 0.29) is 0 Å². The molecule has 3 rings (SSSR count). The summed E-state index contributed by atoms with van der Waals surface area (Å²) in [6.07, 6.45) is 1.05. The van der Waals surface area contributed by atoms with E-state index in [1.807, 2.05) is 31.2 Å². The number of aryl methyl sites for hydroxylation is 2. The van der Waals surface area contributed by atoms with Crippen molar-refractivity contribution in [1.82, 2.24) is 9.80 Å². The van der Waals surface area contributed by atoms with Crippen LogP contribution >= 0.6 is 12.2 Å². The lowest BCUT2D eigenvalue weighted by Crippen LogP contribution is -2.39. The van der Waals surface area contributed by atoms with Gasteiger partial charge >= 0.3 is 0 Å². The van der Waals surface area contributed by atoms with Crippen molar-refractivity contribution in [2.45, 2.75) is 26.8 Å². The second kappa shape index (κ2) is 9.88. The molecular formula is C21H29N3O2S. The first-order valence-corrected chi connectivity index (χ1v) is 9.99. The van der Waals surface area contributed by atoms with Crippen LogP contribution in [0, 0.1) is 13.8 Å². The molecule has 1 aromatic carbocycles. The summed E-state index contributed by atoms with van der Waals surface area (Å²) in [5.41, 5.74) is 2.23. The molecule has 0 unspecified atom stereocenters. The molecule has 0 spiro atoms. The van der Waals surface area contributed by atoms with E-state index in [4.69, 9.17) is 21.4 Å². The lowest BCUT2D eigenvalue weighted by Gasteiger charge is -2.29. The Morgan fingerprint density at radius 1 is 1.19 bits per heavy atom. The molecule has 0 saturated carbocycles. The Balaban J connectivity index is 1.59. The van der Waals surface area contributed by atoms with Crippen molar-refractivity contribution in [3.05, 3.63) is 53.5 Å². The second-order valence-corrected chi connectivity index (χ2v) is 7.43. The van der Waals surface area contributed by atoms with Gasteiger partial charge in [-0.25, -0.2) is 0 Å². The smallest absolute Gasteiger partial charge is 0.173 e. The maximum Gasteiger partial charge on any atom is 0.173 e. The van der Waals surface area contributed by atoms with Gasteiger partial charge in [0, 0.05) is 31.9 Å². The van der Waals surface area contributed by atoms with Gasteiger partial charge in [-0.3, -0.25) is 4.90 Å². The highest BCUT2D eigenvalue weighted by Gasteiger charge is 2.15. The van der Waals surface area contributed by atoms with Crippen LogP contribution in [-0.2, 0) is 11.3 Å². The lowest BCUT2D eigenvalue weighted by molar-refractivity contribution is 0.0367. The van der Waals surface area contributed by atoms with Crippen LogP contribution in [0.1, 0.15) is 23.5 Å². The van der Waals surface area contributed by atoms with Crippen molar-refractivity contribution >= 4 is 23.0 Å². The summed E-state index contributed by atoms with van der Waals surface area (Å²) in [5, 5.41) is 4.11. The van der Waals surface area contributed by atoms with Gasteiger partial charge in [0.2, 0.25) is 0 Å². The van der Waals surface area contributed by atoms with Crippen LogP contribution in [0.25, 0.3) is 0 Å². The first kappa shape index (κ1) is 19.9. The zero-order chi connectivity index (χ0) is 19.1. The Morgan fingerprint density at radius 2 is 2.00 bits per heavy atom. The Bertz CT molecular complexity index is 741. The van der Waals surface area contributed by atoms with Crippen molar-refractivity contribution < 1.29 is 9.15 Å². The van der Waals surface area contributed by atoms with E-state index in [0.717, 1.165) is 68.1 Å². The summed E-state index contributed by atoms with van der Waals surface area (Å²) in [4.78, 5) is 4.64. The largest absolute Gasteiger partial charge is 0.464 e. The number of hydrogen-bond donors (Lipinski definition) is 1. The number of nitrogens with one attached hydrogen (secondary N) is 1. The van der Waals surface area contributed by atoms with E-state index in [2.05, 4.69) is 34.2 Å². The third kappa shape index (κ3) is 6.34. The summed E-state index contributed by atoms with van der Waals surface area (Å²) in [7, 11) is 0. The molecule has 1 fully saturated rings. The number of thiocarbonyl (C=S) groups is 1. The Morgan fingerprint density at radius 3 is 2.70 bits per heavy atom. The Labute approximate surface area is 167 Å². The molecule has 27 heavy (non-hydrogen) atoms. The first-order chi connectivity index (χ1) is 13.1. The first-order valence-electron chi connectivity index (χ1n) is 9.58. The second-order valence-electron chi connectivity index (χ2n) is 7.04. The van der Waals surface area contributed by atoms with Gasteiger partial charge in [-0.2, -0.15) is 0 Å². The van der Waals surface area contributed by atoms with Crippen LogP contribution in [0.15, 0.2) is 40.8 Å². The standard InChI is InChI=1S/C21H29N3O2S/c1-17-5-3-6-19(15-17)22-21(27)24(16-20-8-7-18(2)26-20)10-4-9-23-11-13-25-14-12-23/h3,5-8,15H,4,9-14,16H2,1-2H3,(H,22,27). The fourth-order valence-corrected chi connectivity index (χ4v) is 3.52. The van der Waals surface area contributed by atoms with E-state index in [0.29, 0.717) is 6.54 Å². The highest BCUT2D eigenvalue weighted by molar-refractivity contribution is 7.80. The number of anilines is 1. The molecule has 1 aliphatic heterocycles. The van der Waals surface area contributed by atoms with Crippen LogP contribution in [0.3, 0.4) is 0 Å². The predicted molar refractivity (Wildman–Crippen MR) is 113 cm³/mol. The summed E-state index contributed by atoms with van der Waals surface area (Å²) in [5.74, 6) is 1.86. The fourth-order valence-electron chi connectivity index (χ4n) is 3.25. The highest BCUT2D eigenvalue weighted by atomic mass is 32.1. The quantitative estimate of drug-likeness (QED) is 0.729. The topological polar surface area (TPSA) is 40.9 Å². The maximum absolute atomic E-state index is 5.77. The number of hydrogen-bond acceptors (Lipinski definition) is 4. The average Bonchev–Trinajstić information content (AvgIpc) is 3.06. The number of furan rings is 1. The molecule has 0 aliphatic carbocycles. The number of benzene rings is 1. The fraction of sp³-hybridized carbons (Fsp3) is 0.476. The van der Waals surface area contributed by atoms with Crippen LogP contribution < -0.4 is 5.32 Å². The molecule has 0 bridgehead atoms. The van der Waals surface area contributed by atoms with Gasteiger partial charge in [0.05, 0.1) is 19.8 Å². The monoisotopic (exact) mass is 387 g/mol. The SMILES string of the molecule is Cc1cccc(NC(=S)N(CCCN2CCOCC2)Cc2ccc(C)o2)c1. The van der Waals surface area contributed by atoms with E-state index in [1.54, 1.807) is 0 Å². The zero-order valence-corrected chi connectivity index (χ0v) is 17.1. The van der Waals surface area contributed by atoms with Crippen molar-refractivity contribution in [3.8, 4) is 0 Å². The third-order valence-corrected chi connectivity index (χ3v) is 5.07. The normalized spacial score (nSPS) is 14.9. The minimum absolute atomic E-state index is 0.675. The molecule has 2 heterocycles. The lowest BCUT2D eigenvalue weighted by atomic mass is 10.2. The zero-order valence-electron chi connectivity index (χ0n) is 16.2. The summed E-state index contributed by atoms with van der Waals surface area (Å²) in [6.45, 7) is 10.4. The van der Waals surface area contributed by atoms with Crippen LogP contribution in [0.4, 0.5) is 5.69 Å². The van der Waals surface area contributed by atoms with Gasteiger partial charge in [-0.15, -0.1) is 0 Å². The van der Waals surface area contributed by atoms with Gasteiger partial charge in [0.15, 0.2) is 5.11 Å². The van der Waals surface area contributed by atoms with Gasteiger partial charge in [0.25, 0.3) is 0 Å². The minimum atomic E-state index is 0.675. The molecule has 0 atom stereocenters. The summed E-state index contributed by atoms with van der Waals surface area (Å²) < 4.78 is 11.2. The van der Waals surface area contributed by atoms with Gasteiger partial charge < -0.3 is 19.4 Å². The van der Waals surface area contributed by atoms with E-state index in [1.165, 1.54) is 5.56 Å². The molecular weight excluding hydrogens is 358 g/mol. The maximum atomic E-state index is 5.77. The summed E-state index contributed by atoms with van der Waals surface area (Å²) >= 11 is 5.72. The number of nitrogens with zero attached hydrogens (tertiary/aromatic N) is 2. The minimum Gasteiger partial charge on any atom is -0.464 e. The molecule has 1 aliphatic rings. The molecule has 1 aromatic heterocycles. The number of morpholine rings is 1. The van der Waals surface area contributed by atoms with Gasteiger partial charge in [0.1, 0.15) is 11.5 Å². The van der Waals surface area contributed by atoms with E-state index < -0.39 is 0 Å². The molecule has 146 valence electrons. The van der Waals surface area contributed by atoms with Crippen molar-refractivity contribution in [2.75, 3.05) is 44.7 Å². The number of ether oxygens (including phenoxy) is 1. The molecule has 1 saturated heterocycles. The van der Waals surface area contributed by atoms with E-state index in [9.17, 15) is 0 Å². The molecule has 0 amide bonds. The summed E-state index contributed by atoms with van der Waals surface area (Å²) in [6, 6.07) is 12.3. The highest BCUT2D eigenvalue weighted by Crippen LogP contribution is 2.14. The molecule has 1 N–H and O–H groups in total. The Hall–Kier alpha value is -1.89. The number of rotatable bonds is 7. The van der Waals surface area contributed by atoms with Crippen LogP contribution in [-0.4, -0.2) is 54.3 Å².